The van der Waals surface area contributed by atoms with Crippen molar-refractivity contribution < 1.29 is 8.42 Å². The highest BCUT2D eigenvalue weighted by molar-refractivity contribution is 7.93. The number of aryl methyl sites for hydroxylation is 1. The van der Waals surface area contributed by atoms with E-state index < -0.39 is 15.3 Å². The Balaban J connectivity index is 3.05. The summed E-state index contributed by atoms with van der Waals surface area (Å²) >= 11 is 0. The van der Waals surface area contributed by atoms with Crippen LogP contribution in [0.4, 0.5) is 5.69 Å². The zero-order valence-electron chi connectivity index (χ0n) is 10.2. The van der Waals surface area contributed by atoms with Crippen molar-refractivity contribution in [2.24, 2.45) is 0 Å². The molecule has 1 rings (SSSR count). The number of benzene rings is 1. The summed E-state index contributed by atoms with van der Waals surface area (Å²) < 4.78 is 25.0. The van der Waals surface area contributed by atoms with E-state index in [0.29, 0.717) is 5.69 Å². The van der Waals surface area contributed by atoms with Crippen LogP contribution in [-0.2, 0) is 16.4 Å². The Morgan fingerprint density at radius 3 is 2.29 bits per heavy atom. The van der Waals surface area contributed by atoms with Gasteiger partial charge in [0.1, 0.15) is 0 Å². The molecule has 0 saturated carbocycles. The summed E-state index contributed by atoms with van der Waals surface area (Å²) in [6.07, 6.45) is 0.908. The number of anilines is 1. The Morgan fingerprint density at radius 1 is 1.35 bits per heavy atom. The lowest BCUT2D eigenvalue weighted by atomic mass is 10.1. The van der Waals surface area contributed by atoms with Gasteiger partial charge in [-0.05, 0) is 31.0 Å². The van der Waals surface area contributed by atoms with E-state index in [2.05, 4.69) is 0 Å². The van der Waals surface area contributed by atoms with E-state index in [9.17, 15) is 8.42 Å². The molecule has 0 aromatic heterocycles. The normalized spacial score (nSPS) is 12.8. The first kappa shape index (κ1) is 13.5. The van der Waals surface area contributed by atoms with E-state index in [1.807, 2.05) is 19.1 Å². The van der Waals surface area contributed by atoms with Crippen LogP contribution in [0.15, 0.2) is 24.3 Å². The minimum absolute atomic E-state index is 0.573. The van der Waals surface area contributed by atoms with Gasteiger partial charge >= 0.3 is 0 Å². The molecule has 1 aromatic rings. The summed E-state index contributed by atoms with van der Waals surface area (Å²) in [6, 6.07) is 9.02. The maximum absolute atomic E-state index is 11.9. The maximum atomic E-state index is 11.9. The van der Waals surface area contributed by atoms with Crippen molar-refractivity contribution >= 4 is 15.7 Å². The summed E-state index contributed by atoms with van der Waals surface area (Å²) in [7, 11) is -2.13. The van der Waals surface area contributed by atoms with Crippen LogP contribution in [0.25, 0.3) is 0 Å². The highest BCUT2D eigenvalue weighted by atomic mass is 32.2. The molecule has 0 radical (unpaired) electrons. The van der Waals surface area contributed by atoms with Gasteiger partial charge in [0.25, 0.3) is 10.0 Å². The zero-order chi connectivity index (χ0) is 13.1. The van der Waals surface area contributed by atoms with Crippen LogP contribution in [0, 0.1) is 11.3 Å². The molecular formula is C12H16N2O2S. The number of nitrogens with zero attached hydrogens (tertiary/aromatic N) is 2. The molecule has 0 spiro atoms. The van der Waals surface area contributed by atoms with Crippen LogP contribution in [0.2, 0.25) is 0 Å². The number of nitriles is 1. The molecule has 0 N–H and O–H groups in total. The quantitative estimate of drug-likeness (QED) is 0.822. The second-order valence-corrected chi connectivity index (χ2v) is 6.09. The van der Waals surface area contributed by atoms with Crippen LogP contribution < -0.4 is 4.31 Å². The largest absolute Gasteiger partial charge is 0.272 e. The van der Waals surface area contributed by atoms with Gasteiger partial charge in [-0.2, -0.15) is 5.26 Å². The fourth-order valence-electron chi connectivity index (χ4n) is 1.39. The van der Waals surface area contributed by atoms with Gasteiger partial charge in [-0.25, -0.2) is 8.42 Å². The fourth-order valence-corrected chi connectivity index (χ4v) is 2.42. The summed E-state index contributed by atoms with van der Waals surface area (Å²) in [5.74, 6) is 0. The smallest absolute Gasteiger partial charge is 0.251 e. The van der Waals surface area contributed by atoms with Gasteiger partial charge in [-0.3, -0.25) is 4.31 Å². The Morgan fingerprint density at radius 2 is 1.88 bits per heavy atom. The molecule has 1 atom stereocenters. The number of hydrogen-bond acceptors (Lipinski definition) is 3. The molecule has 0 amide bonds. The van der Waals surface area contributed by atoms with Crippen LogP contribution in [-0.4, -0.2) is 20.7 Å². The van der Waals surface area contributed by atoms with Crippen molar-refractivity contribution in [2.45, 2.75) is 25.5 Å². The molecular weight excluding hydrogens is 236 g/mol. The Bertz CT molecular complexity index is 514. The van der Waals surface area contributed by atoms with E-state index in [4.69, 9.17) is 5.26 Å². The molecule has 0 saturated heterocycles. The monoisotopic (exact) mass is 252 g/mol. The molecule has 92 valence electrons. The lowest BCUT2D eigenvalue weighted by molar-refractivity contribution is 0.590. The van der Waals surface area contributed by atoms with Crippen molar-refractivity contribution in [3.63, 3.8) is 0 Å². The van der Waals surface area contributed by atoms with Crippen LogP contribution >= 0.6 is 0 Å². The first-order chi connectivity index (χ1) is 7.93. The zero-order valence-corrected chi connectivity index (χ0v) is 11.0. The van der Waals surface area contributed by atoms with E-state index in [-0.39, 0.29) is 0 Å². The minimum Gasteiger partial charge on any atom is -0.272 e. The third-order valence-electron chi connectivity index (χ3n) is 2.72. The van der Waals surface area contributed by atoms with Gasteiger partial charge in [0.15, 0.2) is 5.25 Å². The first-order valence-electron chi connectivity index (χ1n) is 5.39. The molecule has 0 aliphatic carbocycles. The van der Waals surface area contributed by atoms with Crippen LogP contribution in [0.3, 0.4) is 0 Å². The van der Waals surface area contributed by atoms with Gasteiger partial charge in [0.2, 0.25) is 0 Å². The van der Waals surface area contributed by atoms with Crippen LogP contribution in [0.1, 0.15) is 19.4 Å². The number of rotatable bonds is 4. The average Bonchev–Trinajstić information content (AvgIpc) is 2.36. The lowest BCUT2D eigenvalue weighted by Gasteiger charge is -2.20. The van der Waals surface area contributed by atoms with Gasteiger partial charge in [-0.15, -0.1) is 0 Å². The molecule has 4 nitrogen and oxygen atoms in total. The first-order valence-corrected chi connectivity index (χ1v) is 6.90. The number of sulfonamides is 1. The molecule has 0 heterocycles. The van der Waals surface area contributed by atoms with Gasteiger partial charge in [0.05, 0.1) is 11.8 Å². The SMILES string of the molecule is CCc1ccc(N(C)S(=O)(=O)C(C)C#N)cc1. The molecule has 0 bridgehead atoms. The van der Waals surface area contributed by atoms with Gasteiger partial charge < -0.3 is 0 Å². The highest BCUT2D eigenvalue weighted by Gasteiger charge is 2.25. The molecule has 17 heavy (non-hydrogen) atoms. The average molecular weight is 252 g/mol. The van der Waals surface area contributed by atoms with E-state index >= 15 is 0 Å². The van der Waals surface area contributed by atoms with E-state index in [1.165, 1.54) is 14.0 Å². The Hall–Kier alpha value is -1.54. The second kappa shape index (κ2) is 5.19. The highest BCUT2D eigenvalue weighted by Crippen LogP contribution is 2.19. The third kappa shape index (κ3) is 2.77. The van der Waals surface area contributed by atoms with Crippen molar-refractivity contribution in [3.8, 4) is 6.07 Å². The maximum Gasteiger partial charge on any atom is 0.251 e. The molecule has 5 heteroatoms. The fraction of sp³-hybridized carbons (Fsp3) is 0.417. The topological polar surface area (TPSA) is 61.2 Å². The summed E-state index contributed by atoms with van der Waals surface area (Å²) in [5.41, 5.74) is 1.72. The molecule has 0 aliphatic heterocycles. The van der Waals surface area contributed by atoms with Gasteiger partial charge in [0, 0.05) is 7.05 Å². The Kier molecular flexibility index (Phi) is 4.13. The molecule has 1 unspecified atom stereocenters. The predicted molar refractivity (Wildman–Crippen MR) is 68.2 cm³/mol. The molecule has 1 aromatic carbocycles. The van der Waals surface area contributed by atoms with Gasteiger partial charge in [-0.1, -0.05) is 19.1 Å². The summed E-state index contributed by atoms with van der Waals surface area (Å²) in [5, 5.41) is 7.65. The predicted octanol–water partition coefficient (Wildman–Crippen LogP) is 1.93. The van der Waals surface area contributed by atoms with E-state index in [0.717, 1.165) is 16.3 Å². The molecule has 0 fully saturated rings. The lowest BCUT2D eigenvalue weighted by Crippen LogP contribution is -2.33. The van der Waals surface area contributed by atoms with Crippen molar-refractivity contribution in [2.75, 3.05) is 11.4 Å². The van der Waals surface area contributed by atoms with Crippen molar-refractivity contribution in [3.05, 3.63) is 29.8 Å². The second-order valence-electron chi connectivity index (χ2n) is 3.80. The molecule has 0 aliphatic rings. The van der Waals surface area contributed by atoms with E-state index in [1.54, 1.807) is 18.2 Å². The standard InChI is InChI=1S/C12H16N2O2S/c1-4-11-5-7-12(8-6-11)14(3)17(15,16)10(2)9-13/h5-8,10H,4H2,1-3H3. The van der Waals surface area contributed by atoms with Crippen LogP contribution in [0.5, 0.6) is 0 Å². The van der Waals surface area contributed by atoms with Crippen molar-refractivity contribution in [1.29, 1.82) is 5.26 Å². The third-order valence-corrected chi connectivity index (χ3v) is 4.69. The summed E-state index contributed by atoms with van der Waals surface area (Å²) in [6.45, 7) is 3.42. The van der Waals surface area contributed by atoms with Crippen molar-refractivity contribution in [1.82, 2.24) is 0 Å². The number of hydrogen-bond donors (Lipinski definition) is 0. The minimum atomic E-state index is -3.59. The Labute approximate surface area is 103 Å². The summed E-state index contributed by atoms with van der Waals surface area (Å²) in [4.78, 5) is 0.